The van der Waals surface area contributed by atoms with Crippen LogP contribution in [0, 0.1) is 0 Å². The lowest BCUT2D eigenvalue weighted by molar-refractivity contribution is -0.141. The van der Waals surface area contributed by atoms with Crippen molar-refractivity contribution in [3.8, 4) is 5.75 Å². The van der Waals surface area contributed by atoms with Gasteiger partial charge in [-0.2, -0.15) is 0 Å². The molecule has 2 atom stereocenters. The third-order valence-electron chi connectivity index (χ3n) is 5.34. The zero-order valence-corrected chi connectivity index (χ0v) is 17.7. The molecule has 0 saturated carbocycles. The number of amides is 2. The molecular formula is C24H30N2O4. The van der Waals surface area contributed by atoms with E-state index < -0.39 is 6.04 Å². The van der Waals surface area contributed by atoms with Gasteiger partial charge in [-0.3, -0.25) is 9.59 Å². The van der Waals surface area contributed by atoms with E-state index in [0.717, 1.165) is 36.3 Å². The van der Waals surface area contributed by atoms with E-state index in [2.05, 4.69) is 5.32 Å². The molecule has 2 aromatic carbocycles. The van der Waals surface area contributed by atoms with E-state index in [1.165, 1.54) is 0 Å². The lowest BCUT2D eigenvalue weighted by Gasteiger charge is -2.31. The van der Waals surface area contributed by atoms with E-state index >= 15 is 0 Å². The first-order valence-electron chi connectivity index (χ1n) is 10.5. The number of benzene rings is 2. The maximum atomic E-state index is 13.3. The molecule has 1 N–H and O–H groups in total. The van der Waals surface area contributed by atoms with Crippen molar-refractivity contribution in [2.75, 3.05) is 20.3 Å². The van der Waals surface area contributed by atoms with Crippen molar-refractivity contribution in [2.45, 2.75) is 44.9 Å². The molecule has 0 unspecified atom stereocenters. The fourth-order valence-corrected chi connectivity index (χ4v) is 3.68. The highest BCUT2D eigenvalue weighted by molar-refractivity contribution is 5.88. The molecule has 1 saturated heterocycles. The van der Waals surface area contributed by atoms with Gasteiger partial charge in [0, 0.05) is 26.1 Å². The van der Waals surface area contributed by atoms with Crippen LogP contribution in [-0.2, 0) is 20.9 Å². The zero-order valence-electron chi connectivity index (χ0n) is 17.7. The van der Waals surface area contributed by atoms with Gasteiger partial charge in [0.15, 0.2) is 0 Å². The van der Waals surface area contributed by atoms with E-state index in [1.807, 2.05) is 61.5 Å². The van der Waals surface area contributed by atoms with E-state index in [4.69, 9.17) is 9.47 Å². The summed E-state index contributed by atoms with van der Waals surface area (Å²) in [6.45, 7) is 3.35. The van der Waals surface area contributed by atoms with Crippen molar-refractivity contribution in [1.82, 2.24) is 10.2 Å². The fourth-order valence-electron chi connectivity index (χ4n) is 3.68. The first kappa shape index (κ1) is 21.8. The van der Waals surface area contributed by atoms with Gasteiger partial charge in [0.25, 0.3) is 0 Å². The third kappa shape index (κ3) is 5.60. The van der Waals surface area contributed by atoms with Crippen LogP contribution < -0.4 is 10.1 Å². The van der Waals surface area contributed by atoms with Gasteiger partial charge in [-0.1, -0.05) is 49.4 Å². The smallest absolute Gasteiger partial charge is 0.247 e. The number of hydrogen-bond acceptors (Lipinski definition) is 4. The molecule has 2 amide bonds. The van der Waals surface area contributed by atoms with Crippen LogP contribution >= 0.6 is 0 Å². The summed E-state index contributed by atoms with van der Waals surface area (Å²) in [5.41, 5.74) is 1.73. The summed E-state index contributed by atoms with van der Waals surface area (Å²) in [6, 6.07) is 16.3. The molecule has 0 bridgehead atoms. The quantitative estimate of drug-likeness (QED) is 0.687. The van der Waals surface area contributed by atoms with Gasteiger partial charge in [0.1, 0.15) is 11.8 Å². The molecule has 0 aliphatic carbocycles. The standard InChI is InChI=1S/C24H30N2O4/c1-3-22(27)26(17-18-11-13-20(29-2)14-12-18)23(19-8-5-4-6-9-19)24(28)25-16-21-10-7-15-30-21/h4-6,8-9,11-14,21,23H,3,7,10,15-17H2,1-2H3,(H,25,28)/t21-,23-/m0/s1. The normalized spacial score (nSPS) is 16.7. The highest BCUT2D eigenvalue weighted by Crippen LogP contribution is 2.25. The molecule has 0 spiro atoms. The Kier molecular flexibility index (Phi) is 7.85. The molecule has 6 heteroatoms. The average Bonchev–Trinajstić information content (AvgIpc) is 3.31. The molecule has 6 nitrogen and oxygen atoms in total. The predicted octanol–water partition coefficient (Wildman–Crippen LogP) is 3.47. The van der Waals surface area contributed by atoms with Gasteiger partial charge in [-0.05, 0) is 36.1 Å². The topological polar surface area (TPSA) is 67.9 Å². The zero-order chi connectivity index (χ0) is 21.3. The lowest BCUT2D eigenvalue weighted by Crippen LogP contribution is -2.44. The fraction of sp³-hybridized carbons (Fsp3) is 0.417. The Morgan fingerprint density at radius 2 is 1.90 bits per heavy atom. The second-order valence-corrected chi connectivity index (χ2v) is 7.42. The summed E-state index contributed by atoms with van der Waals surface area (Å²) in [7, 11) is 1.62. The first-order chi connectivity index (χ1) is 14.6. The average molecular weight is 411 g/mol. The van der Waals surface area contributed by atoms with Crippen LogP contribution in [0.2, 0.25) is 0 Å². The predicted molar refractivity (Wildman–Crippen MR) is 115 cm³/mol. The maximum absolute atomic E-state index is 13.3. The van der Waals surface area contributed by atoms with Gasteiger partial charge >= 0.3 is 0 Å². The maximum Gasteiger partial charge on any atom is 0.247 e. The van der Waals surface area contributed by atoms with Crippen molar-refractivity contribution in [3.63, 3.8) is 0 Å². The highest BCUT2D eigenvalue weighted by atomic mass is 16.5. The summed E-state index contributed by atoms with van der Waals surface area (Å²) in [5.74, 6) is 0.486. The summed E-state index contributed by atoms with van der Waals surface area (Å²) in [4.78, 5) is 27.8. The van der Waals surface area contributed by atoms with Gasteiger partial charge in [0.05, 0.1) is 13.2 Å². The van der Waals surface area contributed by atoms with Crippen molar-refractivity contribution in [1.29, 1.82) is 0 Å². The molecule has 1 aliphatic heterocycles. The number of nitrogens with one attached hydrogen (secondary N) is 1. The number of rotatable bonds is 9. The van der Waals surface area contributed by atoms with Gasteiger partial charge in [-0.25, -0.2) is 0 Å². The Labute approximate surface area is 178 Å². The van der Waals surface area contributed by atoms with Crippen molar-refractivity contribution >= 4 is 11.8 Å². The minimum atomic E-state index is -0.706. The number of hydrogen-bond donors (Lipinski definition) is 1. The summed E-state index contributed by atoms with van der Waals surface area (Å²) < 4.78 is 10.9. The number of methoxy groups -OCH3 is 1. The van der Waals surface area contributed by atoms with Crippen molar-refractivity contribution < 1.29 is 19.1 Å². The largest absolute Gasteiger partial charge is 0.497 e. The molecular weight excluding hydrogens is 380 g/mol. The Hall–Kier alpha value is -2.86. The summed E-state index contributed by atoms with van der Waals surface area (Å²) >= 11 is 0. The Morgan fingerprint density at radius 1 is 1.17 bits per heavy atom. The lowest BCUT2D eigenvalue weighted by atomic mass is 10.0. The van der Waals surface area contributed by atoms with E-state index in [1.54, 1.807) is 12.0 Å². The number of ether oxygens (including phenoxy) is 2. The van der Waals surface area contributed by atoms with Crippen LogP contribution in [0.1, 0.15) is 43.4 Å². The molecule has 30 heavy (non-hydrogen) atoms. The molecule has 0 aromatic heterocycles. The molecule has 1 heterocycles. The minimum absolute atomic E-state index is 0.0438. The molecule has 0 radical (unpaired) electrons. The molecule has 160 valence electrons. The van der Waals surface area contributed by atoms with Crippen LogP contribution in [0.25, 0.3) is 0 Å². The third-order valence-corrected chi connectivity index (χ3v) is 5.34. The van der Waals surface area contributed by atoms with Crippen LogP contribution in [0.4, 0.5) is 0 Å². The van der Waals surface area contributed by atoms with Crippen LogP contribution in [0.3, 0.4) is 0 Å². The number of nitrogens with zero attached hydrogens (tertiary/aromatic N) is 1. The van der Waals surface area contributed by atoms with Crippen LogP contribution in [0.15, 0.2) is 54.6 Å². The number of carbonyl (C=O) groups is 2. The first-order valence-corrected chi connectivity index (χ1v) is 10.5. The SMILES string of the molecule is CCC(=O)N(Cc1ccc(OC)cc1)[C@H](C(=O)NC[C@@H]1CCCO1)c1ccccc1. The van der Waals surface area contributed by atoms with Crippen LogP contribution in [-0.4, -0.2) is 43.1 Å². The molecule has 1 fully saturated rings. The number of carbonyl (C=O) groups excluding carboxylic acids is 2. The summed E-state index contributed by atoms with van der Waals surface area (Å²) in [6.07, 6.45) is 2.32. The Morgan fingerprint density at radius 3 is 2.50 bits per heavy atom. The molecule has 1 aliphatic rings. The van der Waals surface area contributed by atoms with Crippen LogP contribution in [0.5, 0.6) is 5.75 Å². The second kappa shape index (κ2) is 10.8. The second-order valence-electron chi connectivity index (χ2n) is 7.42. The Bertz CT molecular complexity index is 817. The minimum Gasteiger partial charge on any atom is -0.497 e. The van der Waals surface area contributed by atoms with Gasteiger partial charge in [-0.15, -0.1) is 0 Å². The Balaban J connectivity index is 1.85. The highest BCUT2D eigenvalue weighted by Gasteiger charge is 2.31. The van der Waals surface area contributed by atoms with E-state index in [-0.39, 0.29) is 17.9 Å². The van der Waals surface area contributed by atoms with E-state index in [9.17, 15) is 9.59 Å². The van der Waals surface area contributed by atoms with Crippen molar-refractivity contribution in [2.24, 2.45) is 0 Å². The van der Waals surface area contributed by atoms with Gasteiger partial charge < -0.3 is 19.7 Å². The van der Waals surface area contributed by atoms with Gasteiger partial charge in [0.2, 0.25) is 11.8 Å². The molecule has 2 aromatic rings. The molecule has 3 rings (SSSR count). The summed E-state index contributed by atoms with van der Waals surface area (Å²) in [5, 5.41) is 3.01. The van der Waals surface area contributed by atoms with E-state index in [0.29, 0.717) is 19.5 Å². The van der Waals surface area contributed by atoms with Crippen molar-refractivity contribution in [3.05, 3.63) is 65.7 Å². The monoisotopic (exact) mass is 410 g/mol.